The van der Waals surface area contributed by atoms with Crippen LogP contribution in [0, 0.1) is 11.8 Å². The highest BCUT2D eigenvalue weighted by atomic mass is 32.2. The van der Waals surface area contributed by atoms with E-state index in [1.54, 1.807) is 45.5 Å². The van der Waals surface area contributed by atoms with Crippen LogP contribution < -0.4 is 4.90 Å². The molecule has 0 radical (unpaired) electrons. The second-order valence-electron chi connectivity index (χ2n) is 11.8. The molecule has 2 aromatic rings. The Morgan fingerprint density at radius 1 is 1.12 bits per heavy atom. The van der Waals surface area contributed by atoms with E-state index in [0.29, 0.717) is 19.5 Å². The standard InChI is InChI=1S/C33H41N3O4S/c1-6-17-34(18-7-2)29(38)26-27-30(39)36(22(4)21-37)28(33(27)16-15-32(26,5)41-33)31(40)35(19-8-3)25-14-13-23-11-9-10-12-24(23)20-25/h6,8-14,20,22,26-28,37H,1,3,7,15-19,21H2,2,4-5H3/t22-,26-,27+,28?,32+,33?/m1/s1. The van der Waals surface area contributed by atoms with Crippen molar-refractivity contribution in [2.75, 3.05) is 31.1 Å². The molecule has 218 valence electrons. The van der Waals surface area contributed by atoms with E-state index in [1.807, 2.05) is 49.4 Å². The van der Waals surface area contributed by atoms with Crippen molar-refractivity contribution >= 4 is 45.9 Å². The third-order valence-electron chi connectivity index (χ3n) is 9.23. The van der Waals surface area contributed by atoms with Crippen molar-refractivity contribution in [3.63, 3.8) is 0 Å². The van der Waals surface area contributed by atoms with Crippen LogP contribution in [0.15, 0.2) is 67.8 Å². The molecule has 3 fully saturated rings. The van der Waals surface area contributed by atoms with Gasteiger partial charge in [-0.05, 0) is 56.0 Å². The van der Waals surface area contributed by atoms with Gasteiger partial charge in [-0.25, -0.2) is 0 Å². The molecular weight excluding hydrogens is 534 g/mol. The zero-order chi connectivity index (χ0) is 29.5. The van der Waals surface area contributed by atoms with Gasteiger partial charge in [-0.2, -0.15) is 0 Å². The number of fused-ring (bicyclic) bond motifs is 2. The lowest BCUT2D eigenvalue weighted by molar-refractivity contribution is -0.146. The molecule has 41 heavy (non-hydrogen) atoms. The molecule has 2 aromatic carbocycles. The smallest absolute Gasteiger partial charge is 0.251 e. The van der Waals surface area contributed by atoms with Crippen LogP contribution in [-0.4, -0.2) is 80.4 Å². The monoisotopic (exact) mass is 575 g/mol. The van der Waals surface area contributed by atoms with E-state index < -0.39 is 33.4 Å². The van der Waals surface area contributed by atoms with Gasteiger partial charge >= 0.3 is 0 Å². The van der Waals surface area contributed by atoms with Gasteiger partial charge < -0.3 is 19.8 Å². The number of benzene rings is 2. The zero-order valence-electron chi connectivity index (χ0n) is 24.3. The molecule has 3 saturated heterocycles. The van der Waals surface area contributed by atoms with Gasteiger partial charge in [-0.15, -0.1) is 24.9 Å². The minimum absolute atomic E-state index is 0.0381. The topological polar surface area (TPSA) is 81.2 Å². The Morgan fingerprint density at radius 3 is 2.49 bits per heavy atom. The first-order chi connectivity index (χ1) is 19.7. The maximum absolute atomic E-state index is 14.8. The van der Waals surface area contributed by atoms with E-state index in [4.69, 9.17) is 0 Å². The highest BCUT2D eigenvalue weighted by Crippen LogP contribution is 2.72. The van der Waals surface area contributed by atoms with Crippen molar-refractivity contribution in [1.29, 1.82) is 0 Å². The van der Waals surface area contributed by atoms with Crippen molar-refractivity contribution in [2.45, 2.75) is 61.6 Å². The van der Waals surface area contributed by atoms with Gasteiger partial charge in [0.05, 0.1) is 29.2 Å². The fraction of sp³-hybridized carbons (Fsp3) is 0.485. The van der Waals surface area contributed by atoms with Crippen molar-refractivity contribution in [2.24, 2.45) is 11.8 Å². The first-order valence-electron chi connectivity index (χ1n) is 14.6. The average Bonchev–Trinajstić information content (AvgIpc) is 3.55. The summed E-state index contributed by atoms with van der Waals surface area (Å²) in [5, 5.41) is 12.3. The minimum atomic E-state index is -0.808. The Balaban J connectivity index is 1.60. The molecule has 3 aliphatic heterocycles. The third-order valence-corrected chi connectivity index (χ3v) is 11.2. The summed E-state index contributed by atoms with van der Waals surface area (Å²) in [4.78, 5) is 48.4. The molecule has 1 spiro atoms. The number of hydrogen-bond acceptors (Lipinski definition) is 5. The van der Waals surface area contributed by atoms with Crippen LogP contribution in [0.5, 0.6) is 0 Å². The van der Waals surface area contributed by atoms with Crippen LogP contribution in [0.4, 0.5) is 5.69 Å². The maximum atomic E-state index is 14.8. The SMILES string of the molecule is C=CCN(CCC)C(=O)[C@H]1[C@H]2C(=O)N([C@H](C)CO)C(C(=O)N(CC=C)c3ccc4ccccc4c3)C23CC[C@]1(C)S3. The largest absolute Gasteiger partial charge is 0.394 e. The number of anilines is 1. The third kappa shape index (κ3) is 4.59. The van der Waals surface area contributed by atoms with E-state index in [9.17, 15) is 19.5 Å². The number of aliphatic hydroxyl groups is 1. The number of hydrogen-bond donors (Lipinski definition) is 1. The summed E-state index contributed by atoms with van der Waals surface area (Å²) in [6.07, 6.45) is 5.63. The molecule has 1 N–H and O–H groups in total. The number of nitrogens with zero attached hydrogens (tertiary/aromatic N) is 3. The molecule has 0 aliphatic carbocycles. The Kier molecular flexibility index (Phi) is 8.09. The van der Waals surface area contributed by atoms with Gasteiger partial charge in [-0.1, -0.05) is 49.4 Å². The van der Waals surface area contributed by atoms with E-state index in [1.165, 1.54) is 0 Å². The second-order valence-corrected chi connectivity index (χ2v) is 13.7. The summed E-state index contributed by atoms with van der Waals surface area (Å²) in [6, 6.07) is 12.5. The summed E-state index contributed by atoms with van der Waals surface area (Å²) >= 11 is 1.66. The fourth-order valence-corrected chi connectivity index (χ4v) is 9.77. The molecule has 3 aliphatic rings. The lowest BCUT2D eigenvalue weighted by Crippen LogP contribution is -2.57. The number of carbonyl (C=O) groups excluding carboxylic acids is 3. The van der Waals surface area contributed by atoms with Crippen molar-refractivity contribution in [1.82, 2.24) is 9.80 Å². The highest BCUT2D eigenvalue weighted by Gasteiger charge is 2.77. The zero-order valence-corrected chi connectivity index (χ0v) is 25.1. The Hall–Kier alpha value is -3.10. The molecule has 8 heteroatoms. The number of aliphatic hydroxyl groups excluding tert-OH is 1. The van der Waals surface area contributed by atoms with E-state index >= 15 is 0 Å². The first-order valence-corrected chi connectivity index (χ1v) is 15.4. The summed E-state index contributed by atoms with van der Waals surface area (Å²) in [7, 11) is 0. The predicted octanol–water partition coefficient (Wildman–Crippen LogP) is 4.65. The van der Waals surface area contributed by atoms with Crippen LogP contribution in [0.1, 0.15) is 40.0 Å². The van der Waals surface area contributed by atoms with Crippen LogP contribution in [-0.2, 0) is 14.4 Å². The van der Waals surface area contributed by atoms with Crippen LogP contribution in [0.3, 0.4) is 0 Å². The Labute approximate surface area is 247 Å². The second kappa shape index (κ2) is 11.3. The maximum Gasteiger partial charge on any atom is 0.251 e. The van der Waals surface area contributed by atoms with Gasteiger partial charge in [0.1, 0.15) is 6.04 Å². The van der Waals surface area contributed by atoms with Crippen molar-refractivity contribution in [3.8, 4) is 0 Å². The Morgan fingerprint density at radius 2 is 1.83 bits per heavy atom. The minimum Gasteiger partial charge on any atom is -0.394 e. The van der Waals surface area contributed by atoms with Crippen molar-refractivity contribution in [3.05, 3.63) is 67.8 Å². The number of likely N-dealkylation sites (tertiary alicyclic amines) is 1. The van der Waals surface area contributed by atoms with Gasteiger partial charge in [-0.3, -0.25) is 14.4 Å². The lowest BCUT2D eigenvalue weighted by Gasteiger charge is -2.39. The molecule has 3 heterocycles. The fourth-order valence-electron chi connectivity index (χ4n) is 7.44. The Bertz CT molecular complexity index is 1380. The molecule has 0 aromatic heterocycles. The highest BCUT2D eigenvalue weighted by molar-refractivity contribution is 8.02. The lowest BCUT2D eigenvalue weighted by atomic mass is 9.66. The van der Waals surface area contributed by atoms with Gasteiger partial charge in [0.15, 0.2) is 0 Å². The molecule has 0 saturated carbocycles. The summed E-state index contributed by atoms with van der Waals surface area (Å²) in [5.41, 5.74) is 0.731. The molecule has 2 bridgehead atoms. The molecular formula is C33H41N3O4S. The van der Waals surface area contributed by atoms with Gasteiger partial charge in [0, 0.05) is 30.1 Å². The van der Waals surface area contributed by atoms with Crippen LogP contribution >= 0.6 is 11.8 Å². The molecule has 5 rings (SSSR count). The number of carbonyl (C=O) groups is 3. The van der Waals surface area contributed by atoms with Crippen LogP contribution in [0.25, 0.3) is 10.8 Å². The first kappa shape index (κ1) is 29.4. The number of amides is 3. The molecule has 2 unspecified atom stereocenters. The predicted molar refractivity (Wildman–Crippen MR) is 166 cm³/mol. The number of thioether (sulfide) groups is 1. The molecule has 3 amide bonds. The summed E-state index contributed by atoms with van der Waals surface area (Å²) in [5.74, 6) is -1.61. The van der Waals surface area contributed by atoms with Crippen LogP contribution in [0.2, 0.25) is 0 Å². The van der Waals surface area contributed by atoms with Gasteiger partial charge in [0.25, 0.3) is 5.91 Å². The van der Waals surface area contributed by atoms with Crippen molar-refractivity contribution < 1.29 is 19.5 Å². The van der Waals surface area contributed by atoms with E-state index in [2.05, 4.69) is 20.1 Å². The summed E-state index contributed by atoms with van der Waals surface area (Å²) in [6.45, 7) is 14.7. The van der Waals surface area contributed by atoms with E-state index in [-0.39, 0.29) is 30.9 Å². The van der Waals surface area contributed by atoms with Gasteiger partial charge in [0.2, 0.25) is 11.8 Å². The van der Waals surface area contributed by atoms with E-state index in [0.717, 1.165) is 29.3 Å². The normalized spacial score (nSPS) is 28.9. The molecule has 6 atom stereocenters. The average molecular weight is 576 g/mol. The number of rotatable bonds is 11. The summed E-state index contributed by atoms with van der Waals surface area (Å²) < 4.78 is -1.21. The quantitative estimate of drug-likeness (QED) is 0.395. The molecule has 7 nitrogen and oxygen atoms in total.